The average molecular weight is 963 g/mol. The molecule has 1 fully saturated rings. The molecule has 5 aromatic rings. The van der Waals surface area contributed by atoms with Crippen molar-refractivity contribution in [2.45, 2.75) is 128 Å². The van der Waals surface area contributed by atoms with Crippen molar-refractivity contribution in [1.29, 1.82) is 0 Å². The summed E-state index contributed by atoms with van der Waals surface area (Å²) < 4.78 is 1.26. The number of thiophene rings is 1. The summed E-state index contributed by atoms with van der Waals surface area (Å²) in [7, 11) is 0. The molecule has 1 aliphatic carbocycles. The van der Waals surface area contributed by atoms with Crippen molar-refractivity contribution in [1.82, 2.24) is 4.98 Å². The van der Waals surface area contributed by atoms with Gasteiger partial charge in [0.2, 0.25) is 0 Å². The fourth-order valence-corrected chi connectivity index (χ4v) is 10.6. The molecule has 3 aromatic carbocycles. The molecule has 1 radical (unpaired) electrons. The first-order valence-electron chi connectivity index (χ1n) is 21.3. The first-order valence-corrected chi connectivity index (χ1v) is 22.1. The van der Waals surface area contributed by atoms with E-state index in [0.29, 0.717) is 40.9 Å². The molecule has 0 saturated heterocycles. The first-order chi connectivity index (χ1) is 26.4. The van der Waals surface area contributed by atoms with Crippen molar-refractivity contribution in [3.63, 3.8) is 0 Å². The molecule has 0 atom stereocenters. The van der Waals surface area contributed by atoms with E-state index in [-0.39, 0.29) is 43.5 Å². The number of aliphatic hydroxyl groups is 1. The third-order valence-corrected chi connectivity index (χ3v) is 13.7. The number of aromatic nitrogens is 1. The summed E-state index contributed by atoms with van der Waals surface area (Å²) in [6.45, 7) is 28.2. The SMILES string of the molecule is CC(C)C(C(=O)/C=C(\O)C(C(C)C)C(C)C)C(C)C.Cc1c(-c2ccc(C3CCC(C)(C)CC3)cc2)sc2c(-c3[c-]c4ccccc4c(C(C)C)c3)nccc12.[Ir]. The number of allylic oxidation sites excluding steroid dienone is 2. The Hall–Kier alpha value is -3.11. The maximum absolute atomic E-state index is 12.3. The van der Waals surface area contributed by atoms with E-state index in [9.17, 15) is 9.90 Å². The van der Waals surface area contributed by atoms with Gasteiger partial charge in [-0.25, -0.2) is 0 Å². The van der Waals surface area contributed by atoms with Crippen LogP contribution >= 0.6 is 11.3 Å². The third-order valence-electron chi connectivity index (χ3n) is 12.4. The Morgan fingerprint density at radius 2 is 1.40 bits per heavy atom. The molecule has 3 nitrogen and oxygen atoms in total. The summed E-state index contributed by atoms with van der Waals surface area (Å²) in [5.41, 5.74) is 8.18. The second-order valence-electron chi connectivity index (χ2n) is 19.0. The molecule has 0 aliphatic heterocycles. The Morgan fingerprint density at radius 3 is 1.96 bits per heavy atom. The number of fused-ring (bicyclic) bond motifs is 2. The van der Waals surface area contributed by atoms with Crippen molar-refractivity contribution in [2.24, 2.45) is 40.9 Å². The van der Waals surface area contributed by atoms with Gasteiger partial charge in [-0.2, -0.15) is 0 Å². The molecule has 57 heavy (non-hydrogen) atoms. The predicted molar refractivity (Wildman–Crippen MR) is 243 cm³/mol. The van der Waals surface area contributed by atoms with E-state index >= 15 is 0 Å². The minimum absolute atomic E-state index is 0. The molecule has 0 bridgehead atoms. The zero-order chi connectivity index (χ0) is 41.1. The van der Waals surface area contributed by atoms with E-state index in [0.717, 1.165) is 16.6 Å². The zero-order valence-corrected chi connectivity index (χ0v) is 40.1. The van der Waals surface area contributed by atoms with Gasteiger partial charge in [0.05, 0.1) is 5.76 Å². The van der Waals surface area contributed by atoms with Gasteiger partial charge < -0.3 is 5.11 Å². The molecule has 5 heteroatoms. The van der Waals surface area contributed by atoms with Crippen LogP contribution in [0, 0.1) is 53.9 Å². The molecular formula is C52H68IrNO2S-. The van der Waals surface area contributed by atoms with Crippen LogP contribution < -0.4 is 0 Å². The van der Waals surface area contributed by atoms with Crippen LogP contribution in [0.15, 0.2) is 78.7 Å². The number of aryl methyl sites for hydroxylation is 1. The van der Waals surface area contributed by atoms with Crippen molar-refractivity contribution in [2.75, 3.05) is 0 Å². The summed E-state index contributed by atoms with van der Waals surface area (Å²) >= 11 is 1.88. The number of hydrogen-bond acceptors (Lipinski definition) is 4. The molecule has 2 heterocycles. The van der Waals surface area contributed by atoms with Crippen LogP contribution in [0.3, 0.4) is 0 Å². The topological polar surface area (TPSA) is 50.2 Å². The molecule has 1 saturated carbocycles. The summed E-state index contributed by atoms with van der Waals surface area (Å²) in [6, 6.07) is 26.2. The van der Waals surface area contributed by atoms with Gasteiger partial charge in [0.25, 0.3) is 0 Å². The van der Waals surface area contributed by atoms with Crippen LogP contribution in [0.1, 0.15) is 137 Å². The van der Waals surface area contributed by atoms with Gasteiger partial charge in [-0.15, -0.1) is 40.5 Å². The van der Waals surface area contributed by atoms with Gasteiger partial charge in [-0.1, -0.05) is 136 Å². The van der Waals surface area contributed by atoms with Gasteiger partial charge in [0, 0.05) is 59.5 Å². The number of benzene rings is 3. The number of carbonyl (C=O) groups is 1. The minimum atomic E-state index is -0.0119. The number of nitrogens with zero attached hydrogens (tertiary/aromatic N) is 1. The maximum Gasteiger partial charge on any atom is 0.162 e. The fourth-order valence-electron chi connectivity index (χ4n) is 9.34. The summed E-state index contributed by atoms with van der Waals surface area (Å²) in [5, 5.41) is 14.0. The molecule has 1 N–H and O–H groups in total. The molecular weight excluding hydrogens is 895 g/mol. The molecule has 1 aliphatic rings. The Bertz CT molecular complexity index is 2110. The van der Waals surface area contributed by atoms with Crippen LogP contribution in [0.2, 0.25) is 0 Å². The molecule has 6 rings (SSSR count). The molecule has 0 spiro atoms. The number of carbonyl (C=O) groups excluding carboxylic acids is 1. The number of aliphatic hydroxyl groups excluding tert-OH is 1. The van der Waals surface area contributed by atoms with Crippen molar-refractivity contribution in [3.05, 3.63) is 101 Å². The first kappa shape index (κ1) is 46.6. The van der Waals surface area contributed by atoms with Gasteiger partial charge in [0.15, 0.2) is 5.78 Å². The van der Waals surface area contributed by atoms with Gasteiger partial charge >= 0.3 is 0 Å². The van der Waals surface area contributed by atoms with E-state index in [2.05, 4.69) is 157 Å². The third kappa shape index (κ3) is 10.9. The Morgan fingerprint density at radius 1 is 0.825 bits per heavy atom. The quantitative estimate of drug-likeness (QED) is 0.0815. The maximum atomic E-state index is 12.3. The standard InChI is InChI=1S/C35H36NS.C17H32O2.Ir/c1-22(2)31-21-28(20-27-8-6-7-9-30(27)31)32-34-29(16-19-36-32)23(3)33(37-34)26-12-10-24(11-13-26)25-14-17-35(4,5)18-15-25;1-10(2)16(11(3)4)14(18)9-15(19)17(12(5)6)13(7)8;/h6-13,16,19,21-22,25H,14-15,17-18H2,1-5H3;9-13,16-18H,1-8H3;/q-1;;/b;14-9-;. The van der Waals surface area contributed by atoms with Crippen LogP contribution in [-0.4, -0.2) is 15.9 Å². The van der Waals surface area contributed by atoms with E-state index in [4.69, 9.17) is 4.98 Å². The van der Waals surface area contributed by atoms with E-state index < -0.39 is 0 Å². The average Bonchev–Trinajstić information content (AvgIpc) is 3.47. The van der Waals surface area contributed by atoms with Crippen LogP contribution in [0.25, 0.3) is 42.6 Å². The van der Waals surface area contributed by atoms with Gasteiger partial charge in [-0.05, 0) is 102 Å². The summed E-state index contributed by atoms with van der Waals surface area (Å²) in [4.78, 5) is 18.6. The second kappa shape index (κ2) is 19.8. The minimum Gasteiger partial charge on any atom is -0.512 e. The van der Waals surface area contributed by atoms with Crippen molar-refractivity contribution >= 4 is 38.0 Å². The number of pyridine rings is 1. The smallest absolute Gasteiger partial charge is 0.162 e. The van der Waals surface area contributed by atoms with Gasteiger partial charge in [0.1, 0.15) is 0 Å². The second-order valence-corrected chi connectivity index (χ2v) is 20.0. The van der Waals surface area contributed by atoms with Crippen LogP contribution in [0.5, 0.6) is 0 Å². The fraction of sp³-hybridized carbons (Fsp3) is 0.500. The number of hydrogen-bond donors (Lipinski definition) is 1. The van der Waals surface area contributed by atoms with Crippen LogP contribution in [0.4, 0.5) is 0 Å². The molecule has 309 valence electrons. The monoisotopic (exact) mass is 963 g/mol. The zero-order valence-electron chi connectivity index (χ0n) is 36.9. The van der Waals surface area contributed by atoms with Crippen molar-refractivity contribution < 1.29 is 30.0 Å². The Balaban J connectivity index is 0.000000309. The van der Waals surface area contributed by atoms with E-state index in [1.54, 1.807) is 0 Å². The normalized spacial score (nSPS) is 15.1. The van der Waals surface area contributed by atoms with Gasteiger partial charge in [-0.3, -0.25) is 9.78 Å². The van der Waals surface area contributed by atoms with Crippen molar-refractivity contribution in [3.8, 4) is 21.7 Å². The molecule has 0 unspecified atom stereocenters. The van der Waals surface area contributed by atoms with Crippen LogP contribution in [-0.2, 0) is 24.9 Å². The number of rotatable bonds is 11. The molecule has 2 aromatic heterocycles. The summed E-state index contributed by atoms with van der Waals surface area (Å²) in [5.74, 6) is 2.77. The van der Waals surface area contributed by atoms with E-state index in [1.165, 1.54) is 74.4 Å². The largest absolute Gasteiger partial charge is 0.512 e. The Labute approximate surface area is 362 Å². The molecule has 0 amide bonds. The van der Waals surface area contributed by atoms with E-state index in [1.807, 2.05) is 17.5 Å². The summed E-state index contributed by atoms with van der Waals surface area (Å²) in [6.07, 6.45) is 8.72. The predicted octanol–water partition coefficient (Wildman–Crippen LogP) is 15.6. The Kier molecular flexibility index (Phi) is 16.1. The number of ketones is 1.